The summed E-state index contributed by atoms with van der Waals surface area (Å²) in [5.41, 5.74) is 2.10. The molecule has 1 atom stereocenters. The Bertz CT molecular complexity index is 490. The Hall–Kier alpha value is -2.10. The topological polar surface area (TPSA) is 55.4 Å². The predicted molar refractivity (Wildman–Crippen MR) is 82.9 cm³/mol. The van der Waals surface area contributed by atoms with E-state index in [-0.39, 0.29) is 12.4 Å². The molecule has 1 amide bonds. The number of hydrogen-bond donors (Lipinski definition) is 1. The van der Waals surface area contributed by atoms with Crippen LogP contribution in [-0.4, -0.2) is 17.9 Å². The van der Waals surface area contributed by atoms with E-state index < -0.39 is 12.1 Å². The summed E-state index contributed by atoms with van der Waals surface area (Å²) in [4.78, 5) is 23.5. The largest absolute Gasteiger partial charge is 0.445 e. The molecule has 4 nitrogen and oxygen atoms in total. The minimum Gasteiger partial charge on any atom is -0.445 e. The highest BCUT2D eigenvalue weighted by Gasteiger charge is 2.15. The van der Waals surface area contributed by atoms with Crippen molar-refractivity contribution in [2.45, 2.75) is 46.3 Å². The molecule has 114 valence electrons. The van der Waals surface area contributed by atoms with E-state index in [9.17, 15) is 9.59 Å². The van der Waals surface area contributed by atoms with Crippen LogP contribution in [0.5, 0.6) is 0 Å². The van der Waals surface area contributed by atoms with E-state index in [1.165, 1.54) is 5.57 Å². The fourth-order valence-electron chi connectivity index (χ4n) is 1.74. The van der Waals surface area contributed by atoms with Gasteiger partial charge in [-0.3, -0.25) is 4.79 Å². The summed E-state index contributed by atoms with van der Waals surface area (Å²) in [6, 6.07) is 8.89. The molecular weight excluding hydrogens is 266 g/mol. The minimum absolute atomic E-state index is 0.00385. The van der Waals surface area contributed by atoms with Crippen LogP contribution in [0.25, 0.3) is 0 Å². The molecule has 1 unspecified atom stereocenters. The Kier molecular flexibility index (Phi) is 7.23. The second-order valence-electron chi connectivity index (χ2n) is 5.21. The lowest BCUT2D eigenvalue weighted by atomic mass is 10.1. The van der Waals surface area contributed by atoms with Crippen molar-refractivity contribution in [3.8, 4) is 0 Å². The first-order valence-corrected chi connectivity index (χ1v) is 7.12. The van der Waals surface area contributed by atoms with Gasteiger partial charge in [0.1, 0.15) is 6.61 Å². The summed E-state index contributed by atoms with van der Waals surface area (Å²) < 4.78 is 5.08. The van der Waals surface area contributed by atoms with E-state index in [0.29, 0.717) is 12.8 Å². The van der Waals surface area contributed by atoms with Crippen LogP contribution in [0.3, 0.4) is 0 Å². The van der Waals surface area contributed by atoms with Gasteiger partial charge < -0.3 is 10.1 Å². The van der Waals surface area contributed by atoms with E-state index >= 15 is 0 Å². The third-order valence-corrected chi connectivity index (χ3v) is 2.97. The summed E-state index contributed by atoms with van der Waals surface area (Å²) in [5, 5.41) is 2.56. The molecule has 0 aliphatic carbocycles. The molecule has 0 radical (unpaired) electrons. The zero-order chi connectivity index (χ0) is 15.7. The molecule has 0 bridgehead atoms. The highest BCUT2D eigenvalue weighted by atomic mass is 16.5. The van der Waals surface area contributed by atoms with E-state index in [4.69, 9.17) is 4.74 Å². The second kappa shape index (κ2) is 8.95. The number of nitrogens with one attached hydrogen (secondary N) is 1. The van der Waals surface area contributed by atoms with E-state index in [2.05, 4.69) is 5.32 Å². The zero-order valence-corrected chi connectivity index (χ0v) is 12.9. The highest BCUT2D eigenvalue weighted by Crippen LogP contribution is 2.03. The van der Waals surface area contributed by atoms with Gasteiger partial charge in [-0.25, -0.2) is 4.79 Å². The zero-order valence-electron chi connectivity index (χ0n) is 12.9. The number of carbonyl (C=O) groups is 2. The first kappa shape index (κ1) is 17.0. The Labute approximate surface area is 126 Å². The first-order valence-electron chi connectivity index (χ1n) is 7.12. The fraction of sp³-hybridized carbons (Fsp3) is 0.412. The van der Waals surface area contributed by atoms with Crippen LogP contribution >= 0.6 is 0 Å². The summed E-state index contributed by atoms with van der Waals surface area (Å²) in [7, 11) is 0. The van der Waals surface area contributed by atoms with Crippen LogP contribution in [-0.2, 0) is 16.1 Å². The molecule has 0 heterocycles. The summed E-state index contributed by atoms with van der Waals surface area (Å²) in [5.74, 6) is 0.00385. The molecule has 0 aliphatic rings. The van der Waals surface area contributed by atoms with Crippen LogP contribution in [0.15, 0.2) is 42.0 Å². The number of ether oxygens (including phenoxy) is 1. The molecule has 0 spiro atoms. The van der Waals surface area contributed by atoms with Gasteiger partial charge in [-0.2, -0.15) is 0 Å². The predicted octanol–water partition coefficient (Wildman–Crippen LogP) is 3.62. The number of carbonyl (C=O) groups excluding carboxylic acids is 2. The number of allylic oxidation sites excluding steroid dienone is 2. The van der Waals surface area contributed by atoms with Crippen LogP contribution in [0.1, 0.15) is 39.2 Å². The molecular formula is C17H23NO3. The maximum atomic E-state index is 11.8. The van der Waals surface area contributed by atoms with Crippen molar-refractivity contribution in [3.63, 3.8) is 0 Å². The van der Waals surface area contributed by atoms with E-state index in [0.717, 1.165) is 5.56 Å². The molecule has 21 heavy (non-hydrogen) atoms. The van der Waals surface area contributed by atoms with Gasteiger partial charge in [0.05, 0.1) is 6.04 Å². The van der Waals surface area contributed by atoms with Crippen molar-refractivity contribution in [1.82, 2.24) is 5.32 Å². The number of amides is 1. The van der Waals surface area contributed by atoms with Gasteiger partial charge in [-0.05, 0) is 32.8 Å². The van der Waals surface area contributed by atoms with E-state index in [1.54, 1.807) is 6.92 Å². The monoisotopic (exact) mass is 289 g/mol. The third kappa shape index (κ3) is 7.30. The fourth-order valence-corrected chi connectivity index (χ4v) is 1.74. The van der Waals surface area contributed by atoms with Crippen LogP contribution in [0.2, 0.25) is 0 Å². The van der Waals surface area contributed by atoms with Gasteiger partial charge in [-0.1, -0.05) is 42.0 Å². The van der Waals surface area contributed by atoms with Crippen molar-refractivity contribution in [1.29, 1.82) is 0 Å². The quantitative estimate of drug-likeness (QED) is 0.780. The van der Waals surface area contributed by atoms with Gasteiger partial charge in [0.25, 0.3) is 0 Å². The van der Waals surface area contributed by atoms with Crippen molar-refractivity contribution >= 4 is 11.9 Å². The Balaban J connectivity index is 2.29. The highest BCUT2D eigenvalue weighted by molar-refractivity contribution is 5.87. The Morgan fingerprint density at radius 2 is 1.90 bits per heavy atom. The molecule has 0 saturated carbocycles. The number of alkyl carbamates (subject to hydrolysis) is 1. The van der Waals surface area contributed by atoms with Crippen molar-refractivity contribution in [2.24, 2.45) is 0 Å². The lowest BCUT2D eigenvalue weighted by Crippen LogP contribution is -2.38. The molecule has 1 rings (SSSR count). The lowest BCUT2D eigenvalue weighted by molar-refractivity contribution is -0.120. The third-order valence-electron chi connectivity index (χ3n) is 2.97. The second-order valence-corrected chi connectivity index (χ2v) is 5.21. The molecule has 0 fully saturated rings. The Morgan fingerprint density at radius 3 is 2.52 bits per heavy atom. The van der Waals surface area contributed by atoms with Crippen LogP contribution in [0.4, 0.5) is 4.79 Å². The maximum absolute atomic E-state index is 11.8. The summed E-state index contributed by atoms with van der Waals surface area (Å²) in [6.45, 7) is 5.86. The van der Waals surface area contributed by atoms with Crippen LogP contribution in [0, 0.1) is 0 Å². The van der Waals surface area contributed by atoms with Gasteiger partial charge in [0.2, 0.25) is 0 Å². The standard InChI is InChI=1S/C17H23NO3/c1-13(2)8-7-11-16(19)14(3)18-17(20)21-12-15-9-5-4-6-10-15/h4-6,8-10,14H,7,11-12H2,1-3H3,(H,18,20). The normalized spacial score (nSPS) is 11.4. The molecule has 0 aliphatic heterocycles. The summed E-state index contributed by atoms with van der Waals surface area (Å²) >= 11 is 0. The average Bonchev–Trinajstić information content (AvgIpc) is 2.45. The molecule has 0 aromatic heterocycles. The van der Waals surface area contributed by atoms with Crippen molar-refractivity contribution in [2.75, 3.05) is 0 Å². The average molecular weight is 289 g/mol. The molecule has 4 heteroatoms. The van der Waals surface area contributed by atoms with Gasteiger partial charge in [0.15, 0.2) is 5.78 Å². The Morgan fingerprint density at radius 1 is 1.24 bits per heavy atom. The number of rotatable bonds is 7. The number of Topliss-reactive ketones (excluding diaryl/α,β-unsaturated/α-hetero) is 1. The smallest absolute Gasteiger partial charge is 0.408 e. The first-order chi connectivity index (χ1) is 9.99. The van der Waals surface area contributed by atoms with Gasteiger partial charge in [-0.15, -0.1) is 0 Å². The van der Waals surface area contributed by atoms with E-state index in [1.807, 2.05) is 50.3 Å². The van der Waals surface area contributed by atoms with Gasteiger partial charge >= 0.3 is 6.09 Å². The number of benzene rings is 1. The molecule has 1 aromatic carbocycles. The molecule has 0 saturated heterocycles. The number of hydrogen-bond acceptors (Lipinski definition) is 3. The molecule has 1 aromatic rings. The van der Waals surface area contributed by atoms with Crippen molar-refractivity contribution < 1.29 is 14.3 Å². The van der Waals surface area contributed by atoms with Gasteiger partial charge in [0, 0.05) is 6.42 Å². The maximum Gasteiger partial charge on any atom is 0.408 e. The SMILES string of the molecule is CC(C)=CCCC(=O)C(C)NC(=O)OCc1ccccc1. The lowest BCUT2D eigenvalue weighted by Gasteiger charge is -2.12. The van der Waals surface area contributed by atoms with Crippen molar-refractivity contribution in [3.05, 3.63) is 47.5 Å². The number of ketones is 1. The summed E-state index contributed by atoms with van der Waals surface area (Å²) in [6.07, 6.45) is 2.57. The van der Waals surface area contributed by atoms with Crippen LogP contribution < -0.4 is 5.32 Å². The molecule has 1 N–H and O–H groups in total. The minimum atomic E-state index is -0.568.